The molecule has 2 heterocycles. The van der Waals surface area contributed by atoms with E-state index in [0.29, 0.717) is 12.0 Å². The smallest absolute Gasteiger partial charge is 0.261 e. The van der Waals surface area contributed by atoms with E-state index in [2.05, 4.69) is 10.3 Å². The first-order chi connectivity index (χ1) is 11.4. The first kappa shape index (κ1) is 16.4. The van der Waals surface area contributed by atoms with Gasteiger partial charge in [-0.15, -0.1) is 11.3 Å². The summed E-state index contributed by atoms with van der Waals surface area (Å²) in [7, 11) is 0. The molecule has 2 amide bonds. The quantitative estimate of drug-likeness (QED) is 0.792. The molecular weight excluding hydrogens is 326 g/mol. The highest BCUT2D eigenvalue weighted by atomic mass is 32.1. The maximum Gasteiger partial charge on any atom is 0.261 e. The molecule has 6 nitrogen and oxygen atoms in total. The molecule has 24 heavy (non-hydrogen) atoms. The Balaban J connectivity index is 1.93. The van der Waals surface area contributed by atoms with E-state index in [1.165, 1.54) is 6.07 Å². The third-order valence-electron chi connectivity index (χ3n) is 4.31. The van der Waals surface area contributed by atoms with Crippen molar-refractivity contribution in [3.05, 3.63) is 54.6 Å². The van der Waals surface area contributed by atoms with Crippen molar-refractivity contribution in [1.29, 1.82) is 0 Å². The van der Waals surface area contributed by atoms with Crippen LogP contribution in [0.1, 0.15) is 60.6 Å². The molecule has 0 aromatic carbocycles. The number of pyridine rings is 1. The van der Waals surface area contributed by atoms with Crippen LogP contribution in [-0.4, -0.2) is 16.8 Å². The highest BCUT2D eigenvalue weighted by molar-refractivity contribution is 7.12. The molecule has 126 valence electrons. The van der Waals surface area contributed by atoms with Gasteiger partial charge >= 0.3 is 0 Å². The van der Waals surface area contributed by atoms with Gasteiger partial charge in [-0.25, -0.2) is 0 Å². The standard InChI is InChI=1S/C17H19N3O3S/c1-8-6-10(9(2)24-8)16(22)19-13-4-3-5-14-11(13)7-12(15(18)21)17(23)20-14/h6-7,13H,3-5H2,1-2H3,(H2,18,21)(H,19,22)(H,20,23). The first-order valence-electron chi connectivity index (χ1n) is 7.80. The van der Waals surface area contributed by atoms with Crippen LogP contribution in [0.2, 0.25) is 0 Å². The van der Waals surface area contributed by atoms with Gasteiger partial charge in [-0.05, 0) is 50.8 Å². The van der Waals surface area contributed by atoms with Gasteiger partial charge in [-0.3, -0.25) is 14.4 Å². The lowest BCUT2D eigenvalue weighted by Crippen LogP contribution is -2.34. The molecule has 0 saturated heterocycles. The summed E-state index contributed by atoms with van der Waals surface area (Å²) in [6, 6.07) is 3.16. The molecule has 1 aliphatic carbocycles. The highest BCUT2D eigenvalue weighted by Crippen LogP contribution is 2.29. The minimum atomic E-state index is -0.765. The van der Waals surface area contributed by atoms with Crippen LogP contribution in [0, 0.1) is 13.8 Å². The van der Waals surface area contributed by atoms with E-state index >= 15 is 0 Å². The van der Waals surface area contributed by atoms with Crippen LogP contribution < -0.4 is 16.6 Å². The van der Waals surface area contributed by atoms with Gasteiger partial charge in [0.1, 0.15) is 5.56 Å². The van der Waals surface area contributed by atoms with Crippen molar-refractivity contribution in [3.63, 3.8) is 0 Å². The summed E-state index contributed by atoms with van der Waals surface area (Å²) in [5, 5.41) is 3.02. The molecule has 2 aromatic heterocycles. The van der Waals surface area contributed by atoms with Crippen molar-refractivity contribution in [2.45, 2.75) is 39.2 Å². The largest absolute Gasteiger partial charge is 0.365 e. The van der Waals surface area contributed by atoms with Crippen LogP contribution in [0.4, 0.5) is 0 Å². The molecule has 0 spiro atoms. The third kappa shape index (κ3) is 2.99. The Hall–Kier alpha value is -2.41. The van der Waals surface area contributed by atoms with Gasteiger partial charge in [0.15, 0.2) is 0 Å². The SMILES string of the molecule is Cc1cc(C(=O)NC2CCCc3[nH]c(=O)c(C(N)=O)cc32)c(C)s1. The minimum Gasteiger partial charge on any atom is -0.365 e. The van der Waals surface area contributed by atoms with Gasteiger partial charge in [-0.1, -0.05) is 0 Å². The number of aryl methyl sites for hydroxylation is 3. The zero-order chi connectivity index (χ0) is 17.4. The Morgan fingerprint density at radius 2 is 2.04 bits per heavy atom. The summed E-state index contributed by atoms with van der Waals surface area (Å²) in [4.78, 5) is 40.7. The summed E-state index contributed by atoms with van der Waals surface area (Å²) in [6.07, 6.45) is 2.32. The lowest BCUT2D eigenvalue weighted by Gasteiger charge is -2.26. The number of carbonyl (C=O) groups is 2. The monoisotopic (exact) mass is 345 g/mol. The lowest BCUT2D eigenvalue weighted by molar-refractivity contribution is 0.0932. The highest BCUT2D eigenvalue weighted by Gasteiger charge is 2.26. The molecule has 0 radical (unpaired) electrons. The number of nitrogens with one attached hydrogen (secondary N) is 2. The van der Waals surface area contributed by atoms with Gasteiger partial charge in [0.25, 0.3) is 17.4 Å². The Kier molecular flexibility index (Phi) is 4.28. The Morgan fingerprint density at radius 1 is 1.29 bits per heavy atom. The lowest BCUT2D eigenvalue weighted by atomic mass is 9.90. The molecule has 7 heteroatoms. The van der Waals surface area contributed by atoms with Crippen LogP contribution in [-0.2, 0) is 6.42 Å². The number of hydrogen-bond acceptors (Lipinski definition) is 4. The summed E-state index contributed by atoms with van der Waals surface area (Å²) >= 11 is 1.58. The predicted octanol–water partition coefficient (Wildman–Crippen LogP) is 1.96. The van der Waals surface area contributed by atoms with Crippen molar-refractivity contribution < 1.29 is 9.59 Å². The second-order valence-electron chi connectivity index (χ2n) is 6.06. The molecule has 1 unspecified atom stereocenters. The van der Waals surface area contributed by atoms with E-state index in [1.807, 2.05) is 19.9 Å². The van der Waals surface area contributed by atoms with Crippen LogP contribution in [0.25, 0.3) is 0 Å². The first-order valence-corrected chi connectivity index (χ1v) is 8.62. The third-order valence-corrected chi connectivity index (χ3v) is 5.27. The van der Waals surface area contributed by atoms with Gasteiger partial charge in [-0.2, -0.15) is 0 Å². The van der Waals surface area contributed by atoms with Crippen molar-refractivity contribution >= 4 is 23.2 Å². The Labute approximate surface area is 143 Å². The summed E-state index contributed by atoms with van der Waals surface area (Å²) < 4.78 is 0. The Morgan fingerprint density at radius 3 is 2.67 bits per heavy atom. The van der Waals surface area contributed by atoms with Gasteiger partial charge in [0.2, 0.25) is 0 Å². The number of aromatic nitrogens is 1. The van der Waals surface area contributed by atoms with Crippen LogP contribution >= 0.6 is 11.3 Å². The molecule has 0 bridgehead atoms. The van der Waals surface area contributed by atoms with E-state index in [4.69, 9.17) is 5.73 Å². The van der Waals surface area contributed by atoms with E-state index in [0.717, 1.165) is 33.9 Å². The number of rotatable bonds is 3. The van der Waals surface area contributed by atoms with Gasteiger partial charge < -0.3 is 16.0 Å². The van der Waals surface area contributed by atoms with E-state index in [1.54, 1.807) is 11.3 Å². The maximum absolute atomic E-state index is 12.6. The summed E-state index contributed by atoms with van der Waals surface area (Å²) in [5.41, 5.74) is 6.92. The van der Waals surface area contributed by atoms with E-state index in [-0.39, 0.29) is 17.5 Å². The second kappa shape index (κ2) is 6.24. The average molecular weight is 345 g/mol. The number of fused-ring (bicyclic) bond motifs is 1. The number of thiophene rings is 1. The number of primary amides is 1. The zero-order valence-electron chi connectivity index (χ0n) is 13.6. The Bertz CT molecular complexity index is 882. The number of aromatic amines is 1. The fourth-order valence-corrected chi connectivity index (χ4v) is 4.09. The molecule has 0 fully saturated rings. The molecule has 0 aliphatic heterocycles. The fraction of sp³-hybridized carbons (Fsp3) is 0.353. The number of hydrogen-bond donors (Lipinski definition) is 3. The number of carbonyl (C=O) groups excluding carboxylic acids is 2. The second-order valence-corrected chi connectivity index (χ2v) is 7.52. The van der Waals surface area contributed by atoms with E-state index < -0.39 is 11.5 Å². The average Bonchev–Trinajstić information content (AvgIpc) is 2.85. The molecule has 4 N–H and O–H groups in total. The van der Waals surface area contributed by atoms with Crippen LogP contribution in [0.3, 0.4) is 0 Å². The zero-order valence-corrected chi connectivity index (χ0v) is 14.4. The van der Waals surface area contributed by atoms with E-state index in [9.17, 15) is 14.4 Å². The number of amides is 2. The van der Waals surface area contributed by atoms with Crippen molar-refractivity contribution in [2.75, 3.05) is 0 Å². The summed E-state index contributed by atoms with van der Waals surface area (Å²) in [6.45, 7) is 3.89. The van der Waals surface area contributed by atoms with Crippen LogP contribution in [0.15, 0.2) is 16.9 Å². The molecular formula is C17H19N3O3S. The predicted molar refractivity (Wildman–Crippen MR) is 92.5 cm³/mol. The molecule has 0 saturated carbocycles. The van der Waals surface area contributed by atoms with Crippen molar-refractivity contribution in [2.24, 2.45) is 5.73 Å². The van der Waals surface area contributed by atoms with Crippen molar-refractivity contribution in [3.8, 4) is 0 Å². The van der Waals surface area contributed by atoms with Gasteiger partial charge in [0, 0.05) is 15.4 Å². The minimum absolute atomic E-state index is 0.0718. The fourth-order valence-electron chi connectivity index (χ4n) is 3.17. The van der Waals surface area contributed by atoms with Crippen LogP contribution in [0.5, 0.6) is 0 Å². The molecule has 1 aliphatic rings. The van der Waals surface area contributed by atoms with Crippen molar-refractivity contribution in [1.82, 2.24) is 10.3 Å². The summed E-state index contributed by atoms with van der Waals surface area (Å²) in [5.74, 6) is -0.902. The molecule has 3 rings (SSSR count). The molecule has 2 aromatic rings. The number of nitrogens with two attached hydrogens (primary N) is 1. The number of H-pyrrole nitrogens is 1. The maximum atomic E-state index is 12.6. The topological polar surface area (TPSA) is 105 Å². The normalized spacial score (nSPS) is 16.5. The molecule has 1 atom stereocenters. The van der Waals surface area contributed by atoms with Gasteiger partial charge in [0.05, 0.1) is 11.6 Å².